The first-order valence-electron chi connectivity index (χ1n) is 4.11. The van der Waals surface area contributed by atoms with Crippen LogP contribution in [0.4, 0.5) is 10.5 Å². The monoisotopic (exact) mass is 227 g/mol. The second kappa shape index (κ2) is 6.93. The van der Waals surface area contributed by atoms with Gasteiger partial charge in [0.2, 0.25) is 0 Å². The van der Waals surface area contributed by atoms with E-state index in [1.807, 2.05) is 0 Å². The maximum absolute atomic E-state index is 8.56. The molecule has 0 aliphatic carbocycles. The lowest BCUT2D eigenvalue weighted by molar-refractivity contribution is 0.137. The van der Waals surface area contributed by atoms with Crippen molar-refractivity contribution in [2.45, 2.75) is 0 Å². The Labute approximate surface area is 92.0 Å². The molecule has 0 aromatic heterocycles. The highest BCUT2D eigenvalue weighted by Crippen LogP contribution is 2.16. The normalized spacial score (nSPS) is 8.31. The van der Waals surface area contributed by atoms with Crippen LogP contribution in [0.3, 0.4) is 0 Å². The van der Waals surface area contributed by atoms with Gasteiger partial charge >= 0.3 is 6.16 Å². The van der Waals surface area contributed by atoms with Gasteiger partial charge in [-0.15, -0.1) is 0 Å². The number of carbonyl (C=O) groups is 1. The molecular formula is C9H13N3O4. The lowest BCUT2D eigenvalue weighted by atomic mass is 10.3. The Morgan fingerprint density at radius 2 is 1.69 bits per heavy atom. The summed E-state index contributed by atoms with van der Waals surface area (Å²) in [5.41, 5.74) is 11.1. The SMILES string of the molecule is COc1ccc(N=C(N)N)cc1.O=C(O)O. The molecule has 0 aliphatic heterocycles. The maximum atomic E-state index is 8.56. The van der Waals surface area contributed by atoms with Crippen LogP contribution in [0, 0.1) is 0 Å². The Kier molecular flexibility index (Phi) is 5.88. The van der Waals surface area contributed by atoms with Crippen LogP contribution in [0.2, 0.25) is 0 Å². The fraction of sp³-hybridized carbons (Fsp3) is 0.111. The zero-order chi connectivity index (χ0) is 12.6. The minimum atomic E-state index is -1.83. The zero-order valence-corrected chi connectivity index (χ0v) is 8.62. The van der Waals surface area contributed by atoms with Gasteiger partial charge in [-0.25, -0.2) is 9.79 Å². The summed E-state index contributed by atoms with van der Waals surface area (Å²) in [4.78, 5) is 12.4. The standard InChI is InChI=1S/C8H11N3O.CH2O3/c1-12-7-4-2-6(3-5-7)11-8(9)10;2-1(3)4/h2-5H,1H3,(H4,9,10,11);(H2,2,3,4). The molecule has 0 atom stereocenters. The van der Waals surface area contributed by atoms with Crippen molar-refractivity contribution < 1.29 is 19.7 Å². The van der Waals surface area contributed by atoms with E-state index in [4.69, 9.17) is 31.2 Å². The molecule has 0 spiro atoms. The summed E-state index contributed by atoms with van der Waals surface area (Å²) < 4.78 is 4.96. The van der Waals surface area contributed by atoms with Gasteiger partial charge in [0.05, 0.1) is 12.8 Å². The molecule has 0 fully saturated rings. The van der Waals surface area contributed by atoms with Gasteiger partial charge in [0.1, 0.15) is 5.75 Å². The summed E-state index contributed by atoms with van der Waals surface area (Å²) in [5.74, 6) is 0.838. The molecule has 16 heavy (non-hydrogen) atoms. The molecule has 6 N–H and O–H groups in total. The van der Waals surface area contributed by atoms with Crippen LogP contribution < -0.4 is 16.2 Å². The van der Waals surface area contributed by atoms with Crippen LogP contribution in [0.25, 0.3) is 0 Å². The van der Waals surface area contributed by atoms with Gasteiger partial charge in [-0.3, -0.25) is 0 Å². The zero-order valence-electron chi connectivity index (χ0n) is 8.62. The van der Waals surface area contributed by atoms with Crippen molar-refractivity contribution in [1.82, 2.24) is 0 Å². The first-order chi connectivity index (χ1) is 7.45. The van der Waals surface area contributed by atoms with Crippen molar-refractivity contribution in [3.8, 4) is 5.75 Å². The number of hydrogen-bond acceptors (Lipinski definition) is 3. The van der Waals surface area contributed by atoms with Crippen molar-refractivity contribution in [3.05, 3.63) is 24.3 Å². The first-order valence-corrected chi connectivity index (χ1v) is 4.11. The molecule has 0 aliphatic rings. The van der Waals surface area contributed by atoms with Crippen LogP contribution in [-0.2, 0) is 0 Å². The molecule has 1 aromatic carbocycles. The highest BCUT2D eigenvalue weighted by Gasteiger charge is 1.91. The van der Waals surface area contributed by atoms with Crippen LogP contribution in [-0.4, -0.2) is 29.4 Å². The Morgan fingerprint density at radius 3 is 2.00 bits per heavy atom. The lowest BCUT2D eigenvalue weighted by Crippen LogP contribution is -2.21. The van der Waals surface area contributed by atoms with E-state index in [-0.39, 0.29) is 5.96 Å². The summed E-state index contributed by atoms with van der Waals surface area (Å²) in [7, 11) is 1.61. The third-order valence-corrected chi connectivity index (χ3v) is 1.33. The smallest absolute Gasteiger partial charge is 0.497 e. The van der Waals surface area contributed by atoms with E-state index < -0.39 is 6.16 Å². The molecule has 0 unspecified atom stereocenters. The Hall–Kier alpha value is -2.44. The predicted octanol–water partition coefficient (Wildman–Crippen LogP) is 0.823. The van der Waals surface area contributed by atoms with Crippen molar-refractivity contribution in [2.75, 3.05) is 7.11 Å². The van der Waals surface area contributed by atoms with E-state index in [1.54, 1.807) is 31.4 Å². The molecule has 1 aromatic rings. The van der Waals surface area contributed by atoms with E-state index in [2.05, 4.69) is 4.99 Å². The second-order valence-corrected chi connectivity index (χ2v) is 2.52. The van der Waals surface area contributed by atoms with Gasteiger partial charge in [-0.1, -0.05) is 0 Å². The maximum Gasteiger partial charge on any atom is 0.503 e. The third kappa shape index (κ3) is 7.01. The van der Waals surface area contributed by atoms with Crippen molar-refractivity contribution in [1.29, 1.82) is 0 Å². The number of hydrogen-bond donors (Lipinski definition) is 4. The summed E-state index contributed by atoms with van der Waals surface area (Å²) in [6, 6.07) is 7.14. The van der Waals surface area contributed by atoms with Gasteiger partial charge in [0.25, 0.3) is 0 Å². The molecule has 1 rings (SSSR count). The quantitative estimate of drug-likeness (QED) is 0.437. The fourth-order valence-corrected chi connectivity index (χ4v) is 0.806. The molecule has 7 heteroatoms. The molecule has 0 heterocycles. The minimum absolute atomic E-state index is 0.0557. The van der Waals surface area contributed by atoms with E-state index >= 15 is 0 Å². The number of methoxy groups -OCH3 is 1. The highest BCUT2D eigenvalue weighted by atomic mass is 16.6. The third-order valence-electron chi connectivity index (χ3n) is 1.33. The summed E-state index contributed by atoms with van der Waals surface area (Å²) in [5, 5.41) is 13.9. The average Bonchev–Trinajstić information content (AvgIpc) is 2.17. The number of nitrogens with zero attached hydrogens (tertiary/aromatic N) is 1. The number of benzene rings is 1. The van der Waals surface area contributed by atoms with Crippen LogP contribution >= 0.6 is 0 Å². The fourth-order valence-electron chi connectivity index (χ4n) is 0.806. The van der Waals surface area contributed by atoms with Crippen LogP contribution in [0.5, 0.6) is 5.75 Å². The van der Waals surface area contributed by atoms with E-state index in [9.17, 15) is 0 Å². The van der Waals surface area contributed by atoms with Gasteiger partial charge < -0.3 is 26.4 Å². The number of nitrogens with two attached hydrogens (primary N) is 2. The predicted molar refractivity (Wildman–Crippen MR) is 59.1 cm³/mol. The number of ether oxygens (including phenoxy) is 1. The van der Waals surface area contributed by atoms with Crippen molar-refractivity contribution >= 4 is 17.8 Å². The lowest BCUT2D eigenvalue weighted by Gasteiger charge is -1.98. The van der Waals surface area contributed by atoms with E-state index in [1.165, 1.54) is 0 Å². The van der Waals surface area contributed by atoms with Crippen LogP contribution in [0.1, 0.15) is 0 Å². The Bertz CT molecular complexity index is 354. The van der Waals surface area contributed by atoms with E-state index in [0.29, 0.717) is 0 Å². The van der Waals surface area contributed by atoms with Gasteiger partial charge in [-0.2, -0.15) is 0 Å². The van der Waals surface area contributed by atoms with Gasteiger partial charge in [0, 0.05) is 0 Å². The van der Waals surface area contributed by atoms with Crippen LogP contribution in [0.15, 0.2) is 29.3 Å². The molecular weight excluding hydrogens is 214 g/mol. The first kappa shape index (κ1) is 13.6. The number of carboxylic acid groups (broad SMARTS) is 2. The number of guanidine groups is 1. The molecule has 88 valence electrons. The number of aliphatic imine (C=N–C) groups is 1. The molecule has 7 nitrogen and oxygen atoms in total. The summed E-state index contributed by atoms with van der Waals surface area (Å²) in [6.45, 7) is 0. The Balaban J connectivity index is 0.000000487. The molecule has 0 amide bonds. The summed E-state index contributed by atoms with van der Waals surface area (Å²) in [6.07, 6.45) is -1.83. The molecule has 0 saturated carbocycles. The van der Waals surface area contributed by atoms with Crippen molar-refractivity contribution in [3.63, 3.8) is 0 Å². The van der Waals surface area contributed by atoms with Crippen molar-refractivity contribution in [2.24, 2.45) is 16.5 Å². The molecule has 0 saturated heterocycles. The largest absolute Gasteiger partial charge is 0.503 e. The topological polar surface area (TPSA) is 131 Å². The van der Waals surface area contributed by atoms with E-state index in [0.717, 1.165) is 11.4 Å². The Morgan fingerprint density at radius 1 is 1.25 bits per heavy atom. The molecule has 0 bridgehead atoms. The van der Waals surface area contributed by atoms with Gasteiger partial charge in [0.15, 0.2) is 5.96 Å². The highest BCUT2D eigenvalue weighted by molar-refractivity contribution is 5.78. The second-order valence-electron chi connectivity index (χ2n) is 2.52. The minimum Gasteiger partial charge on any atom is -0.497 e. The van der Waals surface area contributed by atoms with Gasteiger partial charge in [-0.05, 0) is 24.3 Å². The average molecular weight is 227 g/mol. The summed E-state index contributed by atoms with van der Waals surface area (Å²) >= 11 is 0. The molecule has 0 radical (unpaired) electrons. The number of rotatable bonds is 2.